The van der Waals surface area contributed by atoms with Gasteiger partial charge in [-0.15, -0.1) is 0 Å². The van der Waals surface area contributed by atoms with Gasteiger partial charge in [0.15, 0.2) is 0 Å². The molecule has 0 fully saturated rings. The van der Waals surface area contributed by atoms with E-state index in [0.717, 1.165) is 4.47 Å². The van der Waals surface area contributed by atoms with Crippen molar-refractivity contribution >= 4 is 27.5 Å². The second kappa shape index (κ2) is 7.02. The van der Waals surface area contributed by atoms with E-state index in [1.54, 1.807) is 48.8 Å². The molecule has 0 aliphatic carbocycles. The summed E-state index contributed by atoms with van der Waals surface area (Å²) in [5.74, 6) is 0.410. The van der Waals surface area contributed by atoms with Crippen molar-refractivity contribution in [1.29, 1.82) is 0 Å². The zero-order chi connectivity index (χ0) is 16.1. The van der Waals surface area contributed by atoms with E-state index in [1.165, 1.54) is 0 Å². The van der Waals surface area contributed by atoms with E-state index in [-0.39, 0.29) is 11.9 Å². The van der Waals surface area contributed by atoms with Crippen LogP contribution in [0.25, 0.3) is 0 Å². The molecule has 114 valence electrons. The largest absolute Gasteiger partial charge is 0.424 e. The normalized spacial score (nSPS) is 10.1. The summed E-state index contributed by atoms with van der Waals surface area (Å²) in [5, 5.41) is 2.83. The summed E-state index contributed by atoms with van der Waals surface area (Å²) in [6.07, 6.45) is 3.21. The van der Waals surface area contributed by atoms with Crippen molar-refractivity contribution in [2.75, 3.05) is 5.32 Å². The Hall–Kier alpha value is -2.73. The molecule has 1 aromatic heterocycles. The third-order valence-electron chi connectivity index (χ3n) is 2.98. The van der Waals surface area contributed by atoms with Crippen molar-refractivity contribution < 1.29 is 9.53 Å². The number of carbonyl (C=O) groups is 1. The Morgan fingerprint density at radius 1 is 0.957 bits per heavy atom. The van der Waals surface area contributed by atoms with E-state index in [0.29, 0.717) is 17.0 Å². The molecule has 0 saturated carbocycles. The fourth-order valence-corrected chi connectivity index (χ4v) is 2.36. The number of carbonyl (C=O) groups excluding carboxylic acids is 1. The zero-order valence-electron chi connectivity index (χ0n) is 11.9. The number of hydrogen-bond acceptors (Lipinski definition) is 4. The van der Waals surface area contributed by atoms with Gasteiger partial charge in [0.25, 0.3) is 5.91 Å². The van der Waals surface area contributed by atoms with E-state index < -0.39 is 0 Å². The topological polar surface area (TPSA) is 64.1 Å². The monoisotopic (exact) mass is 369 g/mol. The maximum absolute atomic E-state index is 12.2. The summed E-state index contributed by atoms with van der Waals surface area (Å²) in [6.45, 7) is 0. The Bertz CT molecular complexity index is 808. The van der Waals surface area contributed by atoms with Gasteiger partial charge in [0.2, 0.25) is 0 Å². The van der Waals surface area contributed by atoms with Gasteiger partial charge in [-0.25, -0.2) is 9.97 Å². The van der Waals surface area contributed by atoms with Crippen LogP contribution in [0.4, 0.5) is 5.69 Å². The number of amides is 1. The van der Waals surface area contributed by atoms with Gasteiger partial charge in [-0.05, 0) is 58.4 Å². The summed E-state index contributed by atoms with van der Waals surface area (Å²) in [7, 11) is 0. The second-order valence-corrected chi connectivity index (χ2v) is 5.45. The van der Waals surface area contributed by atoms with Gasteiger partial charge in [0, 0.05) is 22.6 Å². The molecule has 6 heteroatoms. The maximum atomic E-state index is 12.2. The summed E-state index contributed by atoms with van der Waals surface area (Å²) in [4.78, 5) is 20.2. The van der Waals surface area contributed by atoms with Crippen LogP contribution < -0.4 is 10.1 Å². The van der Waals surface area contributed by atoms with Gasteiger partial charge in [-0.1, -0.05) is 12.1 Å². The Morgan fingerprint density at radius 2 is 1.65 bits per heavy atom. The molecule has 0 saturated heterocycles. The molecule has 0 atom stereocenters. The first-order valence-corrected chi connectivity index (χ1v) is 7.62. The van der Waals surface area contributed by atoms with Crippen LogP contribution in [0, 0.1) is 0 Å². The number of nitrogens with one attached hydrogen (secondary N) is 1. The molecule has 2 aromatic carbocycles. The number of aromatic nitrogens is 2. The number of anilines is 1. The quantitative estimate of drug-likeness (QED) is 0.745. The van der Waals surface area contributed by atoms with E-state index in [2.05, 4.69) is 31.2 Å². The predicted octanol–water partition coefficient (Wildman–Crippen LogP) is 4.28. The van der Waals surface area contributed by atoms with E-state index >= 15 is 0 Å². The van der Waals surface area contributed by atoms with Crippen LogP contribution in [0.5, 0.6) is 11.8 Å². The average molecular weight is 370 g/mol. The molecule has 1 N–H and O–H groups in total. The second-order valence-electron chi connectivity index (χ2n) is 4.59. The first-order valence-electron chi connectivity index (χ1n) is 6.83. The summed E-state index contributed by atoms with van der Waals surface area (Å²) >= 11 is 3.36. The van der Waals surface area contributed by atoms with Crippen LogP contribution >= 0.6 is 15.9 Å². The first-order chi connectivity index (χ1) is 11.2. The molecule has 1 heterocycles. The molecule has 0 radical (unpaired) electrons. The van der Waals surface area contributed by atoms with Gasteiger partial charge < -0.3 is 10.1 Å². The number of halogens is 1. The number of nitrogens with zero attached hydrogens (tertiary/aromatic N) is 2. The molecule has 0 unspecified atom stereocenters. The SMILES string of the molecule is O=C(Nc1ccc(Oc2ncccn2)cc1)c1ccccc1Br. The molecule has 1 amide bonds. The Morgan fingerprint density at radius 3 is 2.35 bits per heavy atom. The van der Waals surface area contributed by atoms with Crippen molar-refractivity contribution in [2.24, 2.45) is 0 Å². The number of rotatable bonds is 4. The van der Waals surface area contributed by atoms with Gasteiger partial charge in [-0.3, -0.25) is 4.79 Å². The summed E-state index contributed by atoms with van der Waals surface area (Å²) in [5.41, 5.74) is 1.25. The standard InChI is InChI=1S/C17H12BrN3O2/c18-15-5-2-1-4-14(15)16(22)21-12-6-8-13(9-7-12)23-17-19-10-3-11-20-17/h1-11H,(H,21,22). The smallest absolute Gasteiger partial charge is 0.321 e. The zero-order valence-corrected chi connectivity index (χ0v) is 13.5. The Labute approximate surface area is 141 Å². The lowest BCUT2D eigenvalue weighted by Gasteiger charge is -2.08. The predicted molar refractivity (Wildman–Crippen MR) is 90.6 cm³/mol. The molecule has 0 aliphatic rings. The van der Waals surface area contributed by atoms with Crippen molar-refractivity contribution in [2.45, 2.75) is 0 Å². The highest BCUT2D eigenvalue weighted by molar-refractivity contribution is 9.10. The van der Waals surface area contributed by atoms with Gasteiger partial charge in [-0.2, -0.15) is 0 Å². The number of hydrogen-bond donors (Lipinski definition) is 1. The molecular formula is C17H12BrN3O2. The molecule has 0 bridgehead atoms. The van der Waals surface area contributed by atoms with E-state index in [9.17, 15) is 4.79 Å². The maximum Gasteiger partial charge on any atom is 0.321 e. The third-order valence-corrected chi connectivity index (χ3v) is 3.67. The van der Waals surface area contributed by atoms with Crippen LogP contribution in [-0.4, -0.2) is 15.9 Å². The van der Waals surface area contributed by atoms with Crippen molar-refractivity contribution in [3.05, 3.63) is 77.0 Å². The van der Waals surface area contributed by atoms with Crippen LogP contribution in [0.1, 0.15) is 10.4 Å². The van der Waals surface area contributed by atoms with E-state index in [1.807, 2.05) is 18.2 Å². The summed E-state index contributed by atoms with van der Waals surface area (Å²) < 4.78 is 6.25. The lowest BCUT2D eigenvalue weighted by Crippen LogP contribution is -2.12. The molecule has 23 heavy (non-hydrogen) atoms. The van der Waals surface area contributed by atoms with Crippen LogP contribution in [0.2, 0.25) is 0 Å². The first kappa shape index (κ1) is 15.2. The molecule has 5 nitrogen and oxygen atoms in total. The number of benzene rings is 2. The minimum atomic E-state index is -0.183. The van der Waals surface area contributed by atoms with Crippen LogP contribution in [0.3, 0.4) is 0 Å². The minimum Gasteiger partial charge on any atom is -0.424 e. The van der Waals surface area contributed by atoms with Crippen LogP contribution in [-0.2, 0) is 0 Å². The van der Waals surface area contributed by atoms with Crippen LogP contribution in [0.15, 0.2) is 71.5 Å². The highest BCUT2D eigenvalue weighted by atomic mass is 79.9. The van der Waals surface area contributed by atoms with Gasteiger partial charge in [0.1, 0.15) is 5.75 Å². The fourth-order valence-electron chi connectivity index (χ4n) is 1.89. The Balaban J connectivity index is 1.68. The average Bonchev–Trinajstić information content (AvgIpc) is 2.58. The van der Waals surface area contributed by atoms with Gasteiger partial charge in [0.05, 0.1) is 5.56 Å². The highest BCUT2D eigenvalue weighted by Crippen LogP contribution is 2.21. The fraction of sp³-hybridized carbons (Fsp3) is 0. The van der Waals surface area contributed by atoms with Crippen molar-refractivity contribution in [3.63, 3.8) is 0 Å². The molecule has 0 spiro atoms. The Kier molecular flexibility index (Phi) is 4.63. The minimum absolute atomic E-state index is 0.183. The molecule has 0 aliphatic heterocycles. The third kappa shape index (κ3) is 3.92. The molecule has 3 rings (SSSR count). The van der Waals surface area contributed by atoms with Crippen molar-refractivity contribution in [1.82, 2.24) is 9.97 Å². The van der Waals surface area contributed by atoms with Crippen molar-refractivity contribution in [3.8, 4) is 11.8 Å². The molecular weight excluding hydrogens is 358 g/mol. The summed E-state index contributed by atoms with van der Waals surface area (Å²) in [6, 6.07) is 16.2. The van der Waals surface area contributed by atoms with Gasteiger partial charge >= 0.3 is 6.01 Å². The highest BCUT2D eigenvalue weighted by Gasteiger charge is 2.09. The molecule has 3 aromatic rings. The van der Waals surface area contributed by atoms with E-state index in [4.69, 9.17) is 4.74 Å². The number of ether oxygens (including phenoxy) is 1. The lowest BCUT2D eigenvalue weighted by molar-refractivity contribution is 0.102. The lowest BCUT2D eigenvalue weighted by atomic mass is 10.2.